The molecule has 3 heterocycles. The Hall–Kier alpha value is -1.26. The number of phosphoric ester groups is 1. The van der Waals surface area contributed by atoms with Gasteiger partial charge < -0.3 is 124 Å². The van der Waals surface area contributed by atoms with Gasteiger partial charge in [0.1, 0.15) is 104 Å². The zero-order chi connectivity index (χ0) is 65.3. The molecule has 89 heavy (non-hydrogen) atoms. The number of aliphatic hydroxyl groups is 13. The molecule has 4 rings (SSSR count). The molecule has 27 nitrogen and oxygen atoms in total. The summed E-state index contributed by atoms with van der Waals surface area (Å²) in [5.74, 6) is -0.918. The molecule has 23 atom stereocenters. The maximum absolute atomic E-state index is 13.7. The van der Waals surface area contributed by atoms with Crippen molar-refractivity contribution >= 4 is 13.8 Å². The van der Waals surface area contributed by atoms with Crippen molar-refractivity contribution in [3.8, 4) is 0 Å². The van der Waals surface area contributed by atoms with Gasteiger partial charge in [-0.1, -0.05) is 187 Å². The number of esters is 1. The van der Waals surface area contributed by atoms with E-state index in [0.717, 1.165) is 57.8 Å². The van der Waals surface area contributed by atoms with Gasteiger partial charge in [-0.05, 0) is 12.8 Å². The Morgan fingerprint density at radius 2 is 0.888 bits per heavy atom. The summed E-state index contributed by atoms with van der Waals surface area (Å²) < 4.78 is 69.8. The van der Waals surface area contributed by atoms with E-state index >= 15 is 0 Å². The van der Waals surface area contributed by atoms with Crippen molar-refractivity contribution in [2.24, 2.45) is 0 Å². The Balaban J connectivity index is 1.36. The highest BCUT2D eigenvalue weighted by Crippen LogP contribution is 2.45. The number of aliphatic hydroxyl groups excluding tert-OH is 13. The SMILES string of the molecule is CCCCCCCCCCCCCCCCCCOC[C@@H](O)COP(=O)([O-])O[C@@H]1[C@H](OC(=O)CCCCCCCCCCCCCCC)[C@H](O)[C@@H](O)[C@H](O)[C@H]1O[C@H]1O[C@H](CO)[C@@H](O[C@H]2O[C@H](CO[C@H]3O[C@H](CO)[C@@H](O)[C@H](O)[C@@H]3O)[C@@H](O)[C@H](O)[C@@H]2O)[C@H](O)[C@H]1[NH3+]. The van der Waals surface area contributed by atoms with E-state index in [1.165, 1.54) is 116 Å². The quantitative estimate of drug-likeness (QED) is 0.0230. The van der Waals surface area contributed by atoms with Crippen LogP contribution in [0, 0.1) is 0 Å². The number of ether oxygens (including phenoxy) is 8. The molecular formula is C61H116NO26P. The topological polar surface area (TPSA) is 440 Å². The van der Waals surface area contributed by atoms with Gasteiger partial charge in [0.15, 0.2) is 24.7 Å². The average molecular weight is 1310 g/mol. The van der Waals surface area contributed by atoms with Crippen LogP contribution >= 0.6 is 7.82 Å². The molecule has 526 valence electrons. The van der Waals surface area contributed by atoms with Crippen LogP contribution < -0.4 is 10.6 Å². The molecule has 1 saturated carbocycles. The normalized spacial score (nSPS) is 34.6. The third kappa shape index (κ3) is 27.8. The summed E-state index contributed by atoms with van der Waals surface area (Å²) in [6.45, 7) is 1.07. The maximum atomic E-state index is 13.7. The Bertz CT molecular complexity index is 1870. The minimum absolute atomic E-state index is 0.186. The summed E-state index contributed by atoms with van der Waals surface area (Å²) in [6, 6.07) is -1.55. The first-order valence-corrected chi connectivity index (χ1v) is 35.0. The Labute approximate surface area is 526 Å². The van der Waals surface area contributed by atoms with Gasteiger partial charge in [0.2, 0.25) is 6.29 Å². The Morgan fingerprint density at radius 3 is 1.39 bits per heavy atom. The van der Waals surface area contributed by atoms with E-state index in [9.17, 15) is 80.6 Å². The first-order valence-electron chi connectivity index (χ1n) is 33.5. The van der Waals surface area contributed by atoms with E-state index in [2.05, 4.69) is 19.6 Å². The summed E-state index contributed by atoms with van der Waals surface area (Å²) >= 11 is 0. The molecule has 0 amide bonds. The molecule has 3 aliphatic heterocycles. The fourth-order valence-electron chi connectivity index (χ4n) is 11.7. The third-order valence-electron chi connectivity index (χ3n) is 17.4. The lowest BCUT2D eigenvalue weighted by Crippen LogP contribution is -2.79. The molecule has 0 aromatic rings. The van der Waals surface area contributed by atoms with Gasteiger partial charge in [0, 0.05) is 13.0 Å². The van der Waals surface area contributed by atoms with E-state index in [1.54, 1.807) is 0 Å². The second kappa shape index (κ2) is 44.5. The number of hydrogen-bond acceptors (Lipinski definition) is 26. The van der Waals surface area contributed by atoms with Gasteiger partial charge in [-0.3, -0.25) is 9.36 Å². The predicted molar refractivity (Wildman–Crippen MR) is 318 cm³/mol. The largest absolute Gasteiger partial charge is 0.756 e. The van der Waals surface area contributed by atoms with Crippen molar-refractivity contribution in [2.45, 2.75) is 341 Å². The van der Waals surface area contributed by atoms with Crippen LogP contribution in [0.25, 0.3) is 0 Å². The van der Waals surface area contributed by atoms with E-state index in [-0.39, 0.29) is 13.0 Å². The number of carbonyl (C=O) groups is 1. The zero-order valence-corrected chi connectivity index (χ0v) is 53.8. The summed E-state index contributed by atoms with van der Waals surface area (Å²) in [4.78, 5) is 27.2. The highest BCUT2D eigenvalue weighted by atomic mass is 31.2. The molecule has 4 fully saturated rings. The van der Waals surface area contributed by atoms with Crippen LogP contribution in [0.5, 0.6) is 0 Å². The maximum Gasteiger partial charge on any atom is 0.306 e. The van der Waals surface area contributed by atoms with Crippen LogP contribution in [0.3, 0.4) is 0 Å². The highest BCUT2D eigenvalue weighted by molar-refractivity contribution is 7.45. The number of carbonyl (C=O) groups excluding carboxylic acids is 1. The van der Waals surface area contributed by atoms with Crippen LogP contribution in [-0.2, 0) is 56.3 Å². The first-order chi connectivity index (χ1) is 42.7. The smallest absolute Gasteiger partial charge is 0.306 e. The van der Waals surface area contributed by atoms with E-state index in [4.69, 9.17) is 46.9 Å². The number of unbranched alkanes of at least 4 members (excludes halogenated alkanes) is 27. The second-order valence-electron chi connectivity index (χ2n) is 24.9. The van der Waals surface area contributed by atoms with Crippen molar-refractivity contribution in [3.63, 3.8) is 0 Å². The standard InChI is InChI=1S/C61H116NO26P/c1-3-5-7-9-11-13-15-17-18-19-21-23-25-27-29-31-33-79-36-39(65)37-81-89(77,78)88-58-56(85-43(66)32-30-28-26-24-22-20-16-14-12-10-8-6-4-2)51(73)50(72)52(74)57(58)87-59-44(62)47(69)55(41(35-64)83-59)86-61-54(76)49(71)46(68)42(84-61)38-80-60-53(75)48(70)45(67)40(34-63)82-60/h39-42,44-61,63-65,67-76H,3-38,62H2,1-2H3,(H,77,78)/t39-,40-,41-,42-,44-,45-,46-,47-,48+,49+,50-,51-,52+,53+,54+,55-,56-,57-,58-,59-,60+,61-/m1/s1. The van der Waals surface area contributed by atoms with E-state index in [1.807, 2.05) is 0 Å². The fourth-order valence-corrected chi connectivity index (χ4v) is 12.7. The fraction of sp³-hybridized carbons (Fsp3) is 0.984. The van der Waals surface area contributed by atoms with Gasteiger partial charge >= 0.3 is 5.97 Å². The van der Waals surface area contributed by atoms with E-state index < -0.39 is 175 Å². The molecule has 16 N–H and O–H groups in total. The molecule has 0 bridgehead atoms. The lowest BCUT2D eigenvalue weighted by molar-refractivity contribution is -0.511. The number of phosphoric acid groups is 1. The lowest BCUT2D eigenvalue weighted by Gasteiger charge is -2.49. The number of quaternary nitrogens is 1. The summed E-state index contributed by atoms with van der Waals surface area (Å²) in [5.41, 5.74) is 3.88. The molecule has 4 aliphatic rings. The minimum atomic E-state index is -5.65. The van der Waals surface area contributed by atoms with Crippen molar-refractivity contribution in [2.75, 3.05) is 39.6 Å². The second-order valence-corrected chi connectivity index (χ2v) is 26.3. The summed E-state index contributed by atoms with van der Waals surface area (Å²) in [7, 11) is -5.65. The van der Waals surface area contributed by atoms with Crippen LogP contribution in [-0.4, -0.2) is 247 Å². The molecule has 0 radical (unpaired) electrons. The van der Waals surface area contributed by atoms with Crippen molar-refractivity contribution < 1.29 is 133 Å². The Morgan fingerprint density at radius 1 is 0.472 bits per heavy atom. The number of hydrogen-bond donors (Lipinski definition) is 14. The molecule has 1 aliphatic carbocycles. The van der Waals surface area contributed by atoms with E-state index in [0.29, 0.717) is 19.4 Å². The zero-order valence-electron chi connectivity index (χ0n) is 52.9. The van der Waals surface area contributed by atoms with Crippen LogP contribution in [0.1, 0.15) is 206 Å². The first kappa shape index (κ1) is 80.2. The molecule has 0 aromatic heterocycles. The van der Waals surface area contributed by atoms with Gasteiger partial charge in [0.25, 0.3) is 7.82 Å². The number of rotatable bonds is 48. The minimum Gasteiger partial charge on any atom is -0.756 e. The van der Waals surface area contributed by atoms with Gasteiger partial charge in [0.05, 0.1) is 33.0 Å². The Kier molecular flexibility index (Phi) is 40.1. The predicted octanol–water partition coefficient (Wildman–Crippen LogP) is 1.07. The molecule has 28 heteroatoms. The van der Waals surface area contributed by atoms with Crippen LogP contribution in [0.15, 0.2) is 0 Å². The van der Waals surface area contributed by atoms with Crippen LogP contribution in [0.2, 0.25) is 0 Å². The molecule has 0 spiro atoms. The van der Waals surface area contributed by atoms with Gasteiger partial charge in [-0.2, -0.15) is 0 Å². The third-order valence-corrected chi connectivity index (χ3v) is 18.4. The summed E-state index contributed by atoms with van der Waals surface area (Å²) in [6.07, 6.45) is -7.01. The van der Waals surface area contributed by atoms with Crippen molar-refractivity contribution in [3.05, 3.63) is 0 Å². The lowest BCUT2D eigenvalue weighted by atomic mass is 9.84. The monoisotopic (exact) mass is 1310 g/mol. The summed E-state index contributed by atoms with van der Waals surface area (Å²) in [5, 5.41) is 140. The molecule has 1 unspecified atom stereocenters. The highest BCUT2D eigenvalue weighted by Gasteiger charge is 2.58. The molecular weight excluding hydrogens is 1190 g/mol. The van der Waals surface area contributed by atoms with Crippen LogP contribution in [0.4, 0.5) is 0 Å². The van der Waals surface area contributed by atoms with Gasteiger partial charge in [-0.25, -0.2) is 0 Å². The van der Waals surface area contributed by atoms with Crippen molar-refractivity contribution in [1.29, 1.82) is 0 Å². The molecule has 3 saturated heterocycles. The average Bonchev–Trinajstić information content (AvgIpc) is 2.25. The molecule has 0 aromatic carbocycles. The van der Waals surface area contributed by atoms with Crippen molar-refractivity contribution in [1.82, 2.24) is 0 Å². The van der Waals surface area contributed by atoms with Gasteiger partial charge in [-0.15, -0.1) is 0 Å².